The summed E-state index contributed by atoms with van der Waals surface area (Å²) in [5.74, 6) is -2.13. The van der Waals surface area contributed by atoms with Gasteiger partial charge in [0.05, 0.1) is 10.5 Å². The Morgan fingerprint density at radius 2 is 1.75 bits per heavy atom. The fourth-order valence-electron chi connectivity index (χ4n) is 3.17. The van der Waals surface area contributed by atoms with Gasteiger partial charge in [0, 0.05) is 24.8 Å². The number of amides is 1. The molecule has 170 valence electrons. The van der Waals surface area contributed by atoms with E-state index < -0.39 is 35.5 Å². The van der Waals surface area contributed by atoms with Gasteiger partial charge in [-0.1, -0.05) is 0 Å². The molecule has 0 spiro atoms. The fourth-order valence-corrected chi connectivity index (χ4v) is 3.17. The zero-order valence-corrected chi connectivity index (χ0v) is 16.6. The van der Waals surface area contributed by atoms with E-state index in [0.29, 0.717) is 18.8 Å². The van der Waals surface area contributed by atoms with Crippen molar-refractivity contribution in [3.63, 3.8) is 0 Å². The maximum Gasteiger partial charge on any atom is 0.573 e. The molecule has 1 saturated heterocycles. The Hall–Kier alpha value is -3.83. The molecule has 12 heteroatoms. The van der Waals surface area contributed by atoms with Crippen molar-refractivity contribution in [2.24, 2.45) is 0 Å². The van der Waals surface area contributed by atoms with E-state index in [0.717, 1.165) is 31.0 Å². The largest absolute Gasteiger partial charge is 0.573 e. The van der Waals surface area contributed by atoms with Crippen LogP contribution in [0.2, 0.25) is 0 Å². The molecule has 9 nitrogen and oxygen atoms in total. The Balaban J connectivity index is 1.57. The Bertz CT molecular complexity index is 1000. The van der Waals surface area contributed by atoms with Gasteiger partial charge in [-0.15, -0.1) is 13.2 Å². The second-order valence-electron chi connectivity index (χ2n) is 6.85. The number of nitrogens with zero attached hydrogens (tertiary/aromatic N) is 2. The Morgan fingerprint density at radius 3 is 2.34 bits per heavy atom. The molecule has 0 aliphatic carbocycles. The highest BCUT2D eigenvalue weighted by Gasteiger charge is 2.31. The molecule has 1 amide bonds. The molecule has 0 aromatic heterocycles. The third-order valence-electron chi connectivity index (χ3n) is 4.56. The van der Waals surface area contributed by atoms with Crippen molar-refractivity contribution in [3.05, 3.63) is 58.1 Å². The molecular formula is C20H18F3N3O6. The predicted octanol–water partition coefficient (Wildman–Crippen LogP) is 3.89. The number of nitro groups is 1. The quantitative estimate of drug-likeness (QED) is 0.385. The number of halogens is 3. The number of carbonyl (C=O) groups is 2. The molecule has 1 aliphatic rings. The minimum atomic E-state index is -4.83. The van der Waals surface area contributed by atoms with E-state index in [1.54, 1.807) is 0 Å². The van der Waals surface area contributed by atoms with E-state index in [-0.39, 0.29) is 16.9 Å². The van der Waals surface area contributed by atoms with Gasteiger partial charge in [-0.05, 0) is 49.2 Å². The van der Waals surface area contributed by atoms with E-state index in [9.17, 15) is 32.9 Å². The Kier molecular flexibility index (Phi) is 6.81. The Labute approximate surface area is 179 Å². The number of hydrogen-bond acceptors (Lipinski definition) is 7. The first-order valence-electron chi connectivity index (χ1n) is 9.48. The number of benzene rings is 2. The number of nitro benzene ring substituents is 1. The lowest BCUT2D eigenvalue weighted by Gasteiger charge is -2.17. The number of carbonyl (C=O) groups excluding carboxylic acids is 2. The van der Waals surface area contributed by atoms with Crippen LogP contribution >= 0.6 is 0 Å². The van der Waals surface area contributed by atoms with Crippen LogP contribution in [0.1, 0.15) is 23.2 Å². The van der Waals surface area contributed by atoms with Gasteiger partial charge in [-0.2, -0.15) is 0 Å². The molecule has 0 unspecified atom stereocenters. The van der Waals surface area contributed by atoms with Gasteiger partial charge >= 0.3 is 12.3 Å². The van der Waals surface area contributed by atoms with E-state index in [2.05, 4.69) is 10.1 Å². The first-order valence-corrected chi connectivity index (χ1v) is 9.48. The second kappa shape index (κ2) is 9.54. The predicted molar refractivity (Wildman–Crippen MR) is 107 cm³/mol. The Morgan fingerprint density at radius 1 is 1.09 bits per heavy atom. The average molecular weight is 453 g/mol. The molecule has 0 saturated carbocycles. The van der Waals surface area contributed by atoms with Crippen LogP contribution in [0.3, 0.4) is 0 Å². The fraction of sp³-hybridized carbons (Fsp3) is 0.300. The minimum absolute atomic E-state index is 0.0823. The molecule has 1 N–H and O–H groups in total. The number of anilines is 2. The van der Waals surface area contributed by atoms with Crippen molar-refractivity contribution in [3.8, 4) is 5.75 Å². The van der Waals surface area contributed by atoms with Crippen molar-refractivity contribution in [2.45, 2.75) is 19.2 Å². The molecule has 0 bridgehead atoms. The zero-order valence-electron chi connectivity index (χ0n) is 16.6. The number of esters is 1. The summed E-state index contributed by atoms with van der Waals surface area (Å²) in [6, 6.07) is 8.35. The van der Waals surface area contributed by atoms with Crippen molar-refractivity contribution >= 4 is 28.9 Å². The van der Waals surface area contributed by atoms with Crippen LogP contribution in [0.15, 0.2) is 42.5 Å². The number of nitrogens with one attached hydrogen (secondary N) is 1. The number of hydrogen-bond donors (Lipinski definition) is 1. The van der Waals surface area contributed by atoms with E-state index in [1.165, 1.54) is 24.3 Å². The molecule has 0 radical (unpaired) electrons. The third-order valence-corrected chi connectivity index (χ3v) is 4.56. The lowest BCUT2D eigenvalue weighted by Crippen LogP contribution is -2.22. The minimum Gasteiger partial charge on any atom is -0.452 e. The van der Waals surface area contributed by atoms with E-state index in [1.807, 2.05) is 4.90 Å². The molecule has 32 heavy (non-hydrogen) atoms. The summed E-state index contributed by atoms with van der Waals surface area (Å²) in [5, 5.41) is 13.8. The molecule has 0 atom stereocenters. The summed E-state index contributed by atoms with van der Waals surface area (Å²) in [4.78, 5) is 36.9. The molecule has 2 aromatic carbocycles. The van der Waals surface area contributed by atoms with Crippen LogP contribution in [-0.2, 0) is 9.53 Å². The summed E-state index contributed by atoms with van der Waals surface area (Å²) in [7, 11) is 0. The average Bonchev–Trinajstić information content (AvgIpc) is 3.26. The first kappa shape index (κ1) is 22.8. The van der Waals surface area contributed by atoms with Crippen molar-refractivity contribution in [2.75, 3.05) is 29.9 Å². The maximum absolute atomic E-state index is 12.2. The van der Waals surface area contributed by atoms with Gasteiger partial charge < -0.3 is 19.7 Å². The lowest BCUT2D eigenvalue weighted by molar-refractivity contribution is -0.384. The molecule has 1 fully saturated rings. The maximum atomic E-state index is 12.2. The van der Waals surface area contributed by atoms with Crippen LogP contribution in [0.4, 0.5) is 30.2 Å². The summed E-state index contributed by atoms with van der Waals surface area (Å²) in [5.41, 5.74) is 0.263. The smallest absolute Gasteiger partial charge is 0.452 e. The highest BCUT2D eigenvalue weighted by atomic mass is 19.4. The highest BCUT2D eigenvalue weighted by molar-refractivity contribution is 5.96. The normalized spacial score (nSPS) is 13.5. The summed E-state index contributed by atoms with van der Waals surface area (Å²) in [6.45, 7) is 0.684. The number of rotatable bonds is 7. The lowest BCUT2D eigenvalue weighted by atomic mass is 10.1. The van der Waals surface area contributed by atoms with Gasteiger partial charge in [0.15, 0.2) is 6.61 Å². The van der Waals surface area contributed by atoms with Gasteiger partial charge in [0.2, 0.25) is 0 Å². The monoisotopic (exact) mass is 453 g/mol. The van der Waals surface area contributed by atoms with Gasteiger partial charge in [-0.25, -0.2) is 4.79 Å². The molecule has 2 aromatic rings. The summed E-state index contributed by atoms with van der Waals surface area (Å²) >= 11 is 0. The molecular weight excluding hydrogens is 435 g/mol. The van der Waals surface area contributed by atoms with Crippen LogP contribution in [-0.4, -0.2) is 42.9 Å². The molecule has 1 heterocycles. The first-order chi connectivity index (χ1) is 15.1. The SMILES string of the molecule is O=C(COC(=O)c1ccc(N2CCCC2)c([N+](=O)[O-])c1)Nc1ccc(OC(F)(F)F)cc1. The highest BCUT2D eigenvalue weighted by Crippen LogP contribution is 2.32. The van der Waals surface area contributed by atoms with Gasteiger partial charge in [0.1, 0.15) is 11.4 Å². The number of alkyl halides is 3. The van der Waals surface area contributed by atoms with Crippen LogP contribution in [0.25, 0.3) is 0 Å². The standard InChI is InChI=1S/C20H18F3N3O6/c21-20(22,23)32-15-6-4-14(5-7-15)24-18(27)12-31-19(28)13-3-8-16(17(11-13)26(29)30)25-9-1-2-10-25/h3-8,11H,1-2,9-10,12H2,(H,24,27). The molecule has 3 rings (SSSR count). The van der Waals surface area contributed by atoms with Gasteiger partial charge in [-0.3, -0.25) is 14.9 Å². The summed E-state index contributed by atoms with van der Waals surface area (Å²) in [6.07, 6.45) is -2.98. The van der Waals surface area contributed by atoms with Crippen molar-refractivity contribution < 1.29 is 37.2 Å². The van der Waals surface area contributed by atoms with Crippen LogP contribution < -0.4 is 15.0 Å². The number of ether oxygens (including phenoxy) is 2. The summed E-state index contributed by atoms with van der Waals surface area (Å²) < 4.78 is 45.1. The van der Waals surface area contributed by atoms with Crippen molar-refractivity contribution in [1.82, 2.24) is 0 Å². The van der Waals surface area contributed by atoms with Crippen LogP contribution in [0, 0.1) is 10.1 Å². The third kappa shape index (κ3) is 6.09. The van der Waals surface area contributed by atoms with Gasteiger partial charge in [0.25, 0.3) is 11.6 Å². The van der Waals surface area contributed by atoms with Crippen LogP contribution in [0.5, 0.6) is 5.75 Å². The second-order valence-corrected chi connectivity index (χ2v) is 6.85. The van der Waals surface area contributed by atoms with Crippen molar-refractivity contribution in [1.29, 1.82) is 0 Å². The molecule has 1 aliphatic heterocycles. The zero-order chi connectivity index (χ0) is 23.3. The van der Waals surface area contributed by atoms with E-state index in [4.69, 9.17) is 4.74 Å². The topological polar surface area (TPSA) is 111 Å². The van der Waals surface area contributed by atoms with E-state index >= 15 is 0 Å².